The number of benzene rings is 1. The van der Waals surface area contributed by atoms with E-state index in [2.05, 4.69) is 15.4 Å². The van der Waals surface area contributed by atoms with E-state index in [9.17, 15) is 8.42 Å². The summed E-state index contributed by atoms with van der Waals surface area (Å²) in [5.41, 5.74) is 7.00. The largest absolute Gasteiger partial charge is 0.339 e. The van der Waals surface area contributed by atoms with Crippen LogP contribution in [0.3, 0.4) is 0 Å². The highest BCUT2D eigenvalue weighted by Gasteiger charge is 2.31. The van der Waals surface area contributed by atoms with E-state index in [4.69, 9.17) is 0 Å². The molecule has 0 bridgehead atoms. The first-order valence-electron chi connectivity index (χ1n) is 7.87. The van der Waals surface area contributed by atoms with Gasteiger partial charge in [-0.05, 0) is 23.8 Å². The van der Waals surface area contributed by atoms with Gasteiger partial charge in [0.2, 0.25) is 10.0 Å². The predicted molar refractivity (Wildman–Crippen MR) is 97.0 cm³/mol. The number of nitrogens with one attached hydrogen (secondary N) is 2. The average Bonchev–Trinajstić information content (AvgIpc) is 3.18. The number of aromatic nitrogens is 1. The summed E-state index contributed by atoms with van der Waals surface area (Å²) in [5.74, 6) is 0.800. The lowest BCUT2D eigenvalue weighted by molar-refractivity contribution is 0.253. The van der Waals surface area contributed by atoms with Gasteiger partial charge >= 0.3 is 0 Å². The second-order valence-electron chi connectivity index (χ2n) is 6.35. The minimum atomic E-state index is -3.47. The maximum atomic E-state index is 12.4. The van der Waals surface area contributed by atoms with E-state index >= 15 is 0 Å². The zero-order valence-corrected chi connectivity index (χ0v) is 15.0. The molecule has 2 aliphatic heterocycles. The molecule has 0 radical (unpaired) electrons. The lowest BCUT2D eigenvalue weighted by atomic mass is 10.00. The van der Waals surface area contributed by atoms with Gasteiger partial charge in [-0.15, -0.1) is 0 Å². The van der Waals surface area contributed by atoms with Crippen LogP contribution in [-0.4, -0.2) is 50.1 Å². The smallest absolute Gasteiger partial charge is 0.242 e. The highest BCUT2D eigenvalue weighted by Crippen LogP contribution is 2.41. The third-order valence-corrected chi connectivity index (χ3v) is 6.34. The molecule has 130 valence electrons. The van der Waals surface area contributed by atoms with E-state index in [-0.39, 0.29) is 10.9 Å². The summed E-state index contributed by atoms with van der Waals surface area (Å²) < 4.78 is 26.0. The highest BCUT2D eigenvalue weighted by molar-refractivity contribution is 7.89. The molecule has 8 heteroatoms. The minimum Gasteiger partial charge on any atom is -0.339 e. The number of hydrogen-bond donors (Lipinski definition) is 2. The van der Waals surface area contributed by atoms with Crippen molar-refractivity contribution in [3.05, 3.63) is 47.7 Å². The Morgan fingerprint density at radius 1 is 1.24 bits per heavy atom. The molecule has 2 aliphatic rings. The summed E-state index contributed by atoms with van der Waals surface area (Å²) in [7, 11) is 1.57. The molecular formula is C17H19N5O2S. The topological polar surface area (TPSA) is 80.8 Å². The van der Waals surface area contributed by atoms with Crippen LogP contribution in [-0.2, 0) is 10.0 Å². The number of hydrogen-bond acceptors (Lipinski definition) is 5. The van der Waals surface area contributed by atoms with Gasteiger partial charge in [-0.3, -0.25) is 0 Å². The van der Waals surface area contributed by atoms with Gasteiger partial charge in [-0.1, -0.05) is 12.1 Å². The molecule has 2 N–H and O–H groups in total. The summed E-state index contributed by atoms with van der Waals surface area (Å²) in [6.07, 6.45) is 3.78. The fourth-order valence-corrected chi connectivity index (χ4v) is 4.10. The third-order valence-electron chi connectivity index (χ3n) is 4.53. The molecule has 1 unspecified atom stereocenters. The summed E-state index contributed by atoms with van der Waals surface area (Å²) in [4.78, 5) is 8.05. The fraction of sp³-hybridized carbons (Fsp3) is 0.235. The third kappa shape index (κ3) is 2.50. The van der Waals surface area contributed by atoms with Crippen molar-refractivity contribution in [2.45, 2.75) is 10.9 Å². The van der Waals surface area contributed by atoms with Crippen molar-refractivity contribution >= 4 is 22.1 Å². The van der Waals surface area contributed by atoms with Crippen molar-refractivity contribution in [2.75, 3.05) is 21.1 Å². The molecule has 0 amide bonds. The van der Waals surface area contributed by atoms with Crippen molar-refractivity contribution in [1.29, 1.82) is 0 Å². The first kappa shape index (κ1) is 16.1. The quantitative estimate of drug-likeness (QED) is 0.881. The van der Waals surface area contributed by atoms with Gasteiger partial charge in [0.1, 0.15) is 5.82 Å². The molecule has 7 nitrogen and oxygen atoms in total. The number of H-pyrrole nitrogens is 1. The van der Waals surface area contributed by atoms with E-state index in [1.165, 1.54) is 18.4 Å². The normalized spacial score (nSPS) is 19.5. The molecule has 2 aromatic rings. The van der Waals surface area contributed by atoms with Crippen LogP contribution in [0.4, 0.5) is 5.82 Å². The molecule has 0 saturated heterocycles. The minimum absolute atomic E-state index is 0.103. The van der Waals surface area contributed by atoms with Crippen LogP contribution >= 0.6 is 0 Å². The molecular weight excluding hydrogens is 338 g/mol. The molecule has 25 heavy (non-hydrogen) atoms. The summed E-state index contributed by atoms with van der Waals surface area (Å²) >= 11 is 0. The first-order valence-corrected chi connectivity index (χ1v) is 9.31. The first-order chi connectivity index (χ1) is 11.9. The van der Waals surface area contributed by atoms with Crippen molar-refractivity contribution in [3.8, 4) is 11.3 Å². The molecule has 1 aromatic carbocycles. The van der Waals surface area contributed by atoms with Crippen molar-refractivity contribution < 1.29 is 8.42 Å². The van der Waals surface area contributed by atoms with Crippen LogP contribution in [0, 0.1) is 0 Å². The molecule has 4 rings (SSSR count). The zero-order valence-electron chi connectivity index (χ0n) is 14.2. The average molecular weight is 357 g/mol. The molecule has 0 fully saturated rings. The Labute approximate surface area is 146 Å². The molecule has 1 atom stereocenters. The van der Waals surface area contributed by atoms with Crippen LogP contribution in [0.1, 0.15) is 11.6 Å². The van der Waals surface area contributed by atoms with E-state index in [0.717, 1.165) is 28.2 Å². The van der Waals surface area contributed by atoms with Gasteiger partial charge in [0.25, 0.3) is 0 Å². The molecule has 1 aromatic heterocycles. The predicted octanol–water partition coefficient (Wildman–Crippen LogP) is 2.02. The van der Waals surface area contributed by atoms with Crippen LogP contribution in [0.15, 0.2) is 52.0 Å². The van der Waals surface area contributed by atoms with E-state index in [0.29, 0.717) is 0 Å². The Morgan fingerprint density at radius 2 is 2.04 bits per heavy atom. The molecule has 0 saturated carbocycles. The number of fused-ring (bicyclic) bond motifs is 3. The standard InChI is InChI=1S/C17H19N5O2S/c1-21(2)25(23,24)13-6-4-5-11(7-13)15-8-14-16-12(10-19-22(16)3)9-18-17(14)20-15/h4-10,16,19-20H,1-3H3. The van der Waals surface area contributed by atoms with E-state index in [1.807, 2.05) is 36.6 Å². The van der Waals surface area contributed by atoms with Gasteiger partial charge in [0, 0.05) is 50.4 Å². The van der Waals surface area contributed by atoms with Gasteiger partial charge in [-0.2, -0.15) is 0 Å². The second-order valence-corrected chi connectivity index (χ2v) is 8.50. The van der Waals surface area contributed by atoms with Crippen LogP contribution < -0.4 is 5.43 Å². The van der Waals surface area contributed by atoms with Gasteiger partial charge < -0.3 is 10.4 Å². The number of aromatic amines is 1. The number of likely N-dealkylation sites (N-methyl/N-ethyl adjacent to an activating group) is 1. The fourth-order valence-electron chi connectivity index (χ4n) is 3.15. The zero-order chi connectivity index (χ0) is 17.8. The van der Waals surface area contributed by atoms with E-state index < -0.39 is 10.0 Å². The molecule has 0 aliphatic carbocycles. The van der Waals surface area contributed by atoms with Crippen molar-refractivity contribution in [3.63, 3.8) is 0 Å². The van der Waals surface area contributed by atoms with Crippen molar-refractivity contribution in [1.82, 2.24) is 19.7 Å². The second kappa shape index (κ2) is 5.55. The lowest BCUT2D eigenvalue weighted by Gasteiger charge is -2.23. The van der Waals surface area contributed by atoms with E-state index in [1.54, 1.807) is 18.2 Å². The Hall–Kier alpha value is -2.42. The van der Waals surface area contributed by atoms with Crippen LogP contribution in [0.25, 0.3) is 11.3 Å². The van der Waals surface area contributed by atoms with Crippen LogP contribution in [0.5, 0.6) is 0 Å². The lowest BCUT2D eigenvalue weighted by Crippen LogP contribution is -2.29. The monoisotopic (exact) mass is 357 g/mol. The Morgan fingerprint density at radius 3 is 2.80 bits per heavy atom. The molecule has 0 spiro atoms. The number of nitrogens with zero attached hydrogens (tertiary/aromatic N) is 3. The summed E-state index contributed by atoms with van der Waals surface area (Å²) in [6, 6.07) is 9.08. The number of rotatable bonds is 3. The summed E-state index contributed by atoms with van der Waals surface area (Å²) in [5, 5.41) is 2.02. The number of hydrazine groups is 1. The Balaban J connectivity index is 1.77. The Bertz CT molecular complexity index is 1000. The maximum absolute atomic E-state index is 12.4. The number of aliphatic imine (C=N–C) groups is 1. The van der Waals surface area contributed by atoms with Crippen molar-refractivity contribution in [2.24, 2.45) is 4.99 Å². The van der Waals surface area contributed by atoms with Crippen LogP contribution in [0.2, 0.25) is 0 Å². The highest BCUT2D eigenvalue weighted by atomic mass is 32.2. The van der Waals surface area contributed by atoms with Gasteiger partial charge in [-0.25, -0.2) is 22.7 Å². The SMILES string of the molecule is CN1NC=C2C=Nc3[nH]c(-c4cccc(S(=O)(=O)N(C)C)c4)cc3C21. The maximum Gasteiger partial charge on any atom is 0.242 e. The summed E-state index contributed by atoms with van der Waals surface area (Å²) in [6.45, 7) is 0. The Kier molecular flexibility index (Phi) is 3.57. The van der Waals surface area contributed by atoms with Gasteiger partial charge in [0.05, 0.1) is 10.9 Å². The molecule has 3 heterocycles. The number of sulfonamides is 1. The van der Waals surface area contributed by atoms with Gasteiger partial charge in [0.15, 0.2) is 0 Å².